The number of aliphatic hydroxyl groups excluding tert-OH is 1. The van der Waals surface area contributed by atoms with Gasteiger partial charge in [0.05, 0.1) is 6.10 Å². The molecule has 0 aromatic carbocycles. The molecule has 0 heterocycles. The van der Waals surface area contributed by atoms with Gasteiger partial charge in [-0.05, 0) is 38.5 Å². The minimum Gasteiger partial charge on any atom is -0.481 e. The molecule has 3 nitrogen and oxygen atoms in total. The van der Waals surface area contributed by atoms with Crippen LogP contribution in [0.2, 0.25) is 0 Å². The maximum atomic E-state index is 10.3. The number of hydrogen-bond acceptors (Lipinski definition) is 2. The van der Waals surface area contributed by atoms with E-state index in [4.69, 9.17) is 5.11 Å². The average Bonchev–Trinajstić information content (AvgIpc) is 2.52. The van der Waals surface area contributed by atoms with Gasteiger partial charge in [0.2, 0.25) is 0 Å². The second-order valence-corrected chi connectivity index (χ2v) is 5.58. The van der Waals surface area contributed by atoms with Crippen molar-refractivity contribution in [1.82, 2.24) is 0 Å². The zero-order valence-electron chi connectivity index (χ0n) is 14.4. The summed E-state index contributed by atoms with van der Waals surface area (Å²) >= 11 is 0. The standard InChI is InChI=1S/C20H32O3/c1-2-3-4-5-10-13-16-19(21)17-14-11-8-6-7-9-12-15-18-20(22)23/h7-11,13-14,17,19,21H,2-6,12,15-16,18H2,1H3,(H,22,23)/b9-7?,11-8?,13-10-,17-14+. The number of carboxylic acid groups (broad SMARTS) is 1. The van der Waals surface area contributed by atoms with Gasteiger partial charge in [-0.1, -0.05) is 68.4 Å². The molecule has 0 spiro atoms. The summed E-state index contributed by atoms with van der Waals surface area (Å²) in [4.78, 5) is 10.3. The normalized spacial score (nSPS) is 13.8. The fourth-order valence-corrected chi connectivity index (χ4v) is 1.96. The van der Waals surface area contributed by atoms with E-state index in [0.29, 0.717) is 12.8 Å². The van der Waals surface area contributed by atoms with E-state index in [9.17, 15) is 9.90 Å². The Labute approximate surface area is 141 Å². The number of allylic oxidation sites excluding steroid dienone is 6. The predicted molar refractivity (Wildman–Crippen MR) is 97.4 cm³/mol. The first-order valence-corrected chi connectivity index (χ1v) is 8.70. The van der Waals surface area contributed by atoms with Gasteiger partial charge in [0.15, 0.2) is 0 Å². The summed E-state index contributed by atoms with van der Waals surface area (Å²) in [5.74, 6) is -0.738. The van der Waals surface area contributed by atoms with Gasteiger partial charge in [0.1, 0.15) is 0 Å². The first-order valence-electron chi connectivity index (χ1n) is 8.70. The molecule has 0 saturated heterocycles. The predicted octanol–water partition coefficient (Wildman–Crippen LogP) is 5.19. The third kappa shape index (κ3) is 18.3. The minimum absolute atomic E-state index is 0.230. The zero-order chi connectivity index (χ0) is 17.2. The molecule has 0 aliphatic carbocycles. The Kier molecular flexibility index (Phi) is 15.6. The highest BCUT2D eigenvalue weighted by Gasteiger charge is 1.93. The number of hydrogen-bond donors (Lipinski definition) is 2. The van der Waals surface area contributed by atoms with Crippen molar-refractivity contribution in [3.8, 4) is 0 Å². The molecule has 1 unspecified atom stereocenters. The highest BCUT2D eigenvalue weighted by atomic mass is 16.4. The van der Waals surface area contributed by atoms with Crippen LogP contribution in [0, 0.1) is 0 Å². The average molecular weight is 320 g/mol. The van der Waals surface area contributed by atoms with Crippen molar-refractivity contribution in [2.45, 2.75) is 70.8 Å². The Balaban J connectivity index is 3.62. The lowest BCUT2D eigenvalue weighted by atomic mass is 10.1. The largest absolute Gasteiger partial charge is 0.481 e. The first kappa shape index (κ1) is 21.4. The Morgan fingerprint density at radius 1 is 0.957 bits per heavy atom. The topological polar surface area (TPSA) is 57.5 Å². The quantitative estimate of drug-likeness (QED) is 0.263. The van der Waals surface area contributed by atoms with Crippen molar-refractivity contribution in [2.75, 3.05) is 0 Å². The fourth-order valence-electron chi connectivity index (χ4n) is 1.96. The number of carbonyl (C=O) groups is 1. The van der Waals surface area contributed by atoms with Gasteiger partial charge in [-0.15, -0.1) is 0 Å². The third-order valence-corrected chi connectivity index (χ3v) is 3.30. The molecule has 0 aromatic heterocycles. The summed E-state index contributed by atoms with van der Waals surface area (Å²) in [6.07, 6.45) is 23.5. The van der Waals surface area contributed by atoms with Crippen LogP contribution in [0.1, 0.15) is 64.7 Å². The summed E-state index contributed by atoms with van der Waals surface area (Å²) in [6, 6.07) is 0. The Morgan fingerprint density at radius 2 is 1.70 bits per heavy atom. The summed E-state index contributed by atoms with van der Waals surface area (Å²) < 4.78 is 0. The van der Waals surface area contributed by atoms with Crippen LogP contribution in [-0.2, 0) is 4.79 Å². The highest BCUT2D eigenvalue weighted by molar-refractivity contribution is 5.66. The lowest BCUT2D eigenvalue weighted by molar-refractivity contribution is -0.137. The molecule has 2 N–H and O–H groups in total. The van der Waals surface area contributed by atoms with Crippen molar-refractivity contribution >= 4 is 5.97 Å². The van der Waals surface area contributed by atoms with Gasteiger partial charge in [0.25, 0.3) is 0 Å². The van der Waals surface area contributed by atoms with Gasteiger partial charge in [0, 0.05) is 6.42 Å². The molecule has 0 bridgehead atoms. The molecule has 0 radical (unpaired) electrons. The van der Waals surface area contributed by atoms with Crippen LogP contribution in [0.15, 0.2) is 48.6 Å². The maximum Gasteiger partial charge on any atom is 0.303 e. The molecule has 0 aliphatic heterocycles. The van der Waals surface area contributed by atoms with Crippen molar-refractivity contribution < 1.29 is 15.0 Å². The number of carboxylic acids is 1. The van der Waals surface area contributed by atoms with Crippen LogP contribution in [-0.4, -0.2) is 22.3 Å². The van der Waals surface area contributed by atoms with Crippen LogP contribution in [0.5, 0.6) is 0 Å². The first-order chi connectivity index (χ1) is 11.2. The van der Waals surface area contributed by atoms with Crippen LogP contribution in [0.25, 0.3) is 0 Å². The van der Waals surface area contributed by atoms with Crippen LogP contribution >= 0.6 is 0 Å². The second-order valence-electron chi connectivity index (χ2n) is 5.58. The van der Waals surface area contributed by atoms with Crippen molar-refractivity contribution in [3.05, 3.63) is 48.6 Å². The highest BCUT2D eigenvalue weighted by Crippen LogP contribution is 2.02. The number of aliphatic hydroxyl groups is 1. The van der Waals surface area contributed by atoms with Crippen LogP contribution in [0.4, 0.5) is 0 Å². The Morgan fingerprint density at radius 3 is 2.43 bits per heavy atom. The van der Waals surface area contributed by atoms with E-state index in [1.807, 2.05) is 36.5 Å². The van der Waals surface area contributed by atoms with Gasteiger partial charge >= 0.3 is 5.97 Å². The van der Waals surface area contributed by atoms with E-state index in [2.05, 4.69) is 13.0 Å². The lowest BCUT2D eigenvalue weighted by Crippen LogP contribution is -1.98. The Hall–Kier alpha value is -1.61. The molecular formula is C20H32O3. The number of aliphatic carboxylic acids is 1. The van der Waals surface area contributed by atoms with E-state index in [-0.39, 0.29) is 6.42 Å². The lowest BCUT2D eigenvalue weighted by Gasteiger charge is -1.99. The molecule has 0 rings (SSSR count). The molecule has 0 aliphatic rings. The molecule has 1 atom stereocenters. The fraction of sp³-hybridized carbons (Fsp3) is 0.550. The van der Waals surface area contributed by atoms with Gasteiger partial charge in [-0.2, -0.15) is 0 Å². The maximum absolute atomic E-state index is 10.3. The molecule has 23 heavy (non-hydrogen) atoms. The van der Waals surface area contributed by atoms with Gasteiger partial charge in [-0.25, -0.2) is 0 Å². The van der Waals surface area contributed by atoms with Crippen LogP contribution < -0.4 is 0 Å². The summed E-state index contributed by atoms with van der Waals surface area (Å²) in [5.41, 5.74) is 0. The van der Waals surface area contributed by atoms with Crippen molar-refractivity contribution in [3.63, 3.8) is 0 Å². The number of rotatable bonds is 14. The third-order valence-electron chi connectivity index (χ3n) is 3.30. The zero-order valence-corrected chi connectivity index (χ0v) is 14.4. The monoisotopic (exact) mass is 320 g/mol. The Bertz CT molecular complexity index is 392. The summed E-state index contributed by atoms with van der Waals surface area (Å²) in [7, 11) is 0. The molecule has 0 saturated carbocycles. The van der Waals surface area contributed by atoms with Crippen molar-refractivity contribution in [1.29, 1.82) is 0 Å². The van der Waals surface area contributed by atoms with Crippen LogP contribution in [0.3, 0.4) is 0 Å². The summed E-state index contributed by atoms with van der Waals surface area (Å²) in [5, 5.41) is 18.3. The summed E-state index contributed by atoms with van der Waals surface area (Å²) in [6.45, 7) is 2.20. The molecule has 130 valence electrons. The van der Waals surface area contributed by atoms with Crippen molar-refractivity contribution in [2.24, 2.45) is 0 Å². The SMILES string of the molecule is CCCCC/C=C\CC(O)/C=C/C=CCC=CCCCC(=O)O. The van der Waals surface area contributed by atoms with E-state index < -0.39 is 12.1 Å². The molecule has 0 amide bonds. The van der Waals surface area contributed by atoms with E-state index in [1.165, 1.54) is 19.3 Å². The molecular weight excluding hydrogens is 288 g/mol. The molecule has 0 fully saturated rings. The van der Waals surface area contributed by atoms with E-state index in [1.54, 1.807) is 6.08 Å². The smallest absolute Gasteiger partial charge is 0.303 e. The minimum atomic E-state index is -0.738. The molecule has 0 aromatic rings. The van der Waals surface area contributed by atoms with E-state index in [0.717, 1.165) is 19.3 Å². The van der Waals surface area contributed by atoms with Gasteiger partial charge in [-0.3, -0.25) is 4.79 Å². The molecule has 3 heteroatoms. The number of unbranched alkanes of at least 4 members (excludes halogenated alkanes) is 4. The second kappa shape index (κ2) is 16.8. The van der Waals surface area contributed by atoms with E-state index >= 15 is 0 Å². The van der Waals surface area contributed by atoms with Gasteiger partial charge < -0.3 is 10.2 Å².